The second kappa shape index (κ2) is 6.17. The van der Waals surface area contributed by atoms with E-state index < -0.39 is 10.0 Å². The molecule has 0 amide bonds. The largest absolute Gasteiger partial charge is 0.212 e. The first-order valence-corrected chi connectivity index (χ1v) is 8.60. The summed E-state index contributed by atoms with van der Waals surface area (Å²) in [5.41, 5.74) is 1.92. The Balaban J connectivity index is 2.59. The zero-order chi connectivity index (χ0) is 13.8. The molecule has 3 nitrogen and oxygen atoms in total. The van der Waals surface area contributed by atoms with Gasteiger partial charge in [-0.3, -0.25) is 0 Å². The summed E-state index contributed by atoms with van der Waals surface area (Å²) in [6, 6.07) is 7.86. The molecule has 1 rings (SSSR count). The molecule has 18 heavy (non-hydrogen) atoms. The highest BCUT2D eigenvalue weighted by atomic mass is 79.9. The van der Waals surface area contributed by atoms with Crippen molar-refractivity contribution in [3.05, 3.63) is 35.4 Å². The number of hydrogen-bond acceptors (Lipinski definition) is 2. The Kier molecular flexibility index (Phi) is 5.37. The number of nitrogens with one attached hydrogen (secondary N) is 1. The molecule has 0 aliphatic carbocycles. The van der Waals surface area contributed by atoms with Gasteiger partial charge in [-0.05, 0) is 16.5 Å². The fraction of sp³-hybridized carbons (Fsp3) is 0.538. The number of alkyl halides is 1. The molecule has 0 heterocycles. The van der Waals surface area contributed by atoms with E-state index in [0.717, 1.165) is 10.9 Å². The topological polar surface area (TPSA) is 46.2 Å². The van der Waals surface area contributed by atoms with Crippen LogP contribution in [0.3, 0.4) is 0 Å². The van der Waals surface area contributed by atoms with Gasteiger partial charge in [-0.25, -0.2) is 13.1 Å². The van der Waals surface area contributed by atoms with Gasteiger partial charge < -0.3 is 0 Å². The lowest BCUT2D eigenvalue weighted by molar-refractivity contribution is 0.458. The third-order valence-corrected chi connectivity index (χ3v) is 4.77. The number of rotatable bonds is 5. The van der Waals surface area contributed by atoms with Crippen molar-refractivity contribution in [2.24, 2.45) is 5.41 Å². The molecule has 5 heteroatoms. The zero-order valence-corrected chi connectivity index (χ0v) is 13.4. The van der Waals surface area contributed by atoms with Gasteiger partial charge in [-0.15, -0.1) is 0 Å². The molecule has 0 aliphatic rings. The van der Waals surface area contributed by atoms with E-state index in [2.05, 4.69) is 20.7 Å². The normalized spacial score (nSPS) is 12.7. The molecule has 102 valence electrons. The molecule has 0 aliphatic heterocycles. The predicted octanol–water partition coefficient (Wildman–Crippen LogP) is 3.05. The first kappa shape index (κ1) is 15.7. The molecule has 0 bridgehead atoms. The van der Waals surface area contributed by atoms with Crippen LogP contribution in [0.5, 0.6) is 0 Å². The summed E-state index contributed by atoms with van der Waals surface area (Å²) < 4.78 is 26.3. The van der Waals surface area contributed by atoms with Crippen molar-refractivity contribution >= 4 is 26.0 Å². The third kappa shape index (κ3) is 5.98. The van der Waals surface area contributed by atoms with E-state index >= 15 is 0 Å². The summed E-state index contributed by atoms with van der Waals surface area (Å²) in [6.07, 6.45) is 0. The summed E-state index contributed by atoms with van der Waals surface area (Å²) >= 11 is 3.37. The summed E-state index contributed by atoms with van der Waals surface area (Å²) in [4.78, 5) is 0. The minimum Gasteiger partial charge on any atom is -0.212 e. The van der Waals surface area contributed by atoms with Crippen LogP contribution in [0.25, 0.3) is 0 Å². The SMILES string of the molecule is CC(C)(C)CS(=O)(=O)NCc1ccc(CBr)cc1. The van der Waals surface area contributed by atoms with Gasteiger partial charge in [0.1, 0.15) is 0 Å². The molecule has 0 unspecified atom stereocenters. The van der Waals surface area contributed by atoms with Crippen molar-refractivity contribution in [2.75, 3.05) is 5.75 Å². The monoisotopic (exact) mass is 333 g/mol. The molecule has 0 radical (unpaired) electrons. The van der Waals surface area contributed by atoms with Crippen LogP contribution >= 0.6 is 15.9 Å². The van der Waals surface area contributed by atoms with Gasteiger partial charge in [0.2, 0.25) is 10.0 Å². The average Bonchev–Trinajstić information content (AvgIpc) is 2.24. The van der Waals surface area contributed by atoms with E-state index in [-0.39, 0.29) is 11.2 Å². The summed E-state index contributed by atoms with van der Waals surface area (Å²) in [6.45, 7) is 6.09. The highest BCUT2D eigenvalue weighted by molar-refractivity contribution is 9.08. The maximum Gasteiger partial charge on any atom is 0.212 e. The second-order valence-corrected chi connectivity index (χ2v) is 7.96. The van der Waals surface area contributed by atoms with Gasteiger partial charge in [-0.1, -0.05) is 61.0 Å². The highest BCUT2D eigenvalue weighted by Gasteiger charge is 2.20. The Hall–Kier alpha value is -0.390. The standard InChI is InChI=1S/C13H20BrNO2S/c1-13(2,3)10-18(16,17)15-9-12-6-4-11(8-14)5-7-12/h4-7,15H,8-10H2,1-3H3. The van der Waals surface area contributed by atoms with E-state index in [1.807, 2.05) is 45.0 Å². The quantitative estimate of drug-likeness (QED) is 0.842. The molecule has 0 saturated heterocycles. The molecule has 0 aromatic heterocycles. The molecule has 1 aromatic carbocycles. The number of halogens is 1. The Morgan fingerprint density at radius 1 is 1.11 bits per heavy atom. The van der Waals surface area contributed by atoms with Gasteiger partial charge in [-0.2, -0.15) is 0 Å². The van der Waals surface area contributed by atoms with Gasteiger partial charge in [0, 0.05) is 11.9 Å². The van der Waals surface area contributed by atoms with Crippen LogP contribution in [0.2, 0.25) is 0 Å². The Morgan fingerprint density at radius 3 is 2.06 bits per heavy atom. The van der Waals surface area contributed by atoms with E-state index in [4.69, 9.17) is 0 Å². The Labute approximate surface area is 118 Å². The van der Waals surface area contributed by atoms with Crippen LogP contribution in [0.15, 0.2) is 24.3 Å². The lowest BCUT2D eigenvalue weighted by Gasteiger charge is -2.18. The van der Waals surface area contributed by atoms with Crippen molar-refractivity contribution in [2.45, 2.75) is 32.6 Å². The molecule has 0 fully saturated rings. The van der Waals surface area contributed by atoms with Gasteiger partial charge in [0.05, 0.1) is 5.75 Å². The van der Waals surface area contributed by atoms with Gasteiger partial charge in [0.15, 0.2) is 0 Å². The summed E-state index contributed by atoms with van der Waals surface area (Å²) in [7, 11) is -3.21. The molecule has 0 saturated carbocycles. The van der Waals surface area contributed by atoms with Crippen LogP contribution in [0.1, 0.15) is 31.9 Å². The molecule has 1 N–H and O–H groups in total. The molecule has 1 aromatic rings. The van der Waals surface area contributed by atoms with Crippen LogP contribution in [0, 0.1) is 5.41 Å². The maximum absolute atomic E-state index is 11.8. The van der Waals surface area contributed by atoms with Gasteiger partial charge in [0.25, 0.3) is 0 Å². The Morgan fingerprint density at radius 2 is 1.61 bits per heavy atom. The van der Waals surface area contributed by atoms with Crippen molar-refractivity contribution in [3.63, 3.8) is 0 Å². The van der Waals surface area contributed by atoms with E-state index in [0.29, 0.717) is 6.54 Å². The number of hydrogen-bond donors (Lipinski definition) is 1. The molecular formula is C13H20BrNO2S. The van der Waals surface area contributed by atoms with E-state index in [9.17, 15) is 8.42 Å². The third-order valence-electron chi connectivity index (χ3n) is 2.30. The maximum atomic E-state index is 11.8. The van der Waals surface area contributed by atoms with Crippen LogP contribution in [0.4, 0.5) is 0 Å². The lowest BCUT2D eigenvalue weighted by Crippen LogP contribution is -2.31. The predicted molar refractivity (Wildman–Crippen MR) is 79.2 cm³/mol. The summed E-state index contributed by atoms with van der Waals surface area (Å²) in [5.74, 6) is 0.138. The number of sulfonamides is 1. The van der Waals surface area contributed by atoms with Crippen molar-refractivity contribution in [3.8, 4) is 0 Å². The number of benzene rings is 1. The fourth-order valence-electron chi connectivity index (χ4n) is 1.56. The lowest BCUT2D eigenvalue weighted by atomic mass is 10.0. The average molecular weight is 334 g/mol. The molecular weight excluding hydrogens is 314 g/mol. The Bertz CT molecular complexity index is 475. The van der Waals surface area contributed by atoms with Crippen LogP contribution < -0.4 is 4.72 Å². The van der Waals surface area contributed by atoms with Crippen molar-refractivity contribution in [1.29, 1.82) is 0 Å². The van der Waals surface area contributed by atoms with E-state index in [1.54, 1.807) is 0 Å². The molecule has 0 spiro atoms. The second-order valence-electron chi connectivity index (χ2n) is 5.59. The first-order chi connectivity index (χ1) is 8.22. The van der Waals surface area contributed by atoms with Crippen molar-refractivity contribution < 1.29 is 8.42 Å². The van der Waals surface area contributed by atoms with Crippen molar-refractivity contribution in [1.82, 2.24) is 4.72 Å². The van der Waals surface area contributed by atoms with Crippen LogP contribution in [-0.2, 0) is 21.9 Å². The minimum absolute atomic E-state index is 0.138. The first-order valence-electron chi connectivity index (χ1n) is 5.83. The minimum atomic E-state index is -3.21. The zero-order valence-electron chi connectivity index (χ0n) is 11.0. The molecule has 0 atom stereocenters. The van der Waals surface area contributed by atoms with Crippen LogP contribution in [-0.4, -0.2) is 14.2 Å². The van der Waals surface area contributed by atoms with Gasteiger partial charge >= 0.3 is 0 Å². The smallest absolute Gasteiger partial charge is 0.212 e. The fourth-order valence-corrected chi connectivity index (χ4v) is 3.56. The highest BCUT2D eigenvalue weighted by Crippen LogP contribution is 2.15. The van der Waals surface area contributed by atoms with E-state index in [1.165, 1.54) is 5.56 Å². The summed E-state index contributed by atoms with van der Waals surface area (Å²) in [5, 5.41) is 0.809.